The number of piperazine rings is 1. The molecule has 3 aromatic rings. The Hall–Kier alpha value is -3.60. The first kappa shape index (κ1) is 28.2. The highest BCUT2D eigenvalue weighted by Crippen LogP contribution is 2.47. The van der Waals surface area contributed by atoms with Gasteiger partial charge in [0.25, 0.3) is 11.8 Å². The van der Waals surface area contributed by atoms with Crippen LogP contribution in [-0.4, -0.2) is 75.6 Å². The summed E-state index contributed by atoms with van der Waals surface area (Å²) in [6.45, 7) is 2.02. The summed E-state index contributed by atoms with van der Waals surface area (Å²) in [4.78, 5) is 31.7. The number of nitrogens with one attached hydrogen (secondary N) is 1. The minimum absolute atomic E-state index is 0.0668. The standard InChI is InChI=1S/C33H39N5O4S/c1-36-18-25-16-24(36)19-37(25)33(40)23-13-22-14-26(42-2)10-12-27(22)31-30(20-7-5-4-6-8-20)28-11-9-21(15-29(28)38(31)17-23)32(39)35-43(3,34)41/h9-15,20,24-25H,3-8,16-19H2,1-2H3,(H3,34,35,39,41). The summed E-state index contributed by atoms with van der Waals surface area (Å²) in [6.07, 6.45) is 8.84. The van der Waals surface area contributed by atoms with E-state index in [-0.39, 0.29) is 11.9 Å². The van der Waals surface area contributed by atoms with Crippen molar-refractivity contribution in [3.05, 3.63) is 58.7 Å². The van der Waals surface area contributed by atoms with E-state index in [4.69, 9.17) is 9.88 Å². The number of nitrogens with two attached hydrogens (primary N) is 1. The molecule has 4 aliphatic rings. The number of amides is 2. The van der Waals surface area contributed by atoms with Gasteiger partial charge < -0.3 is 14.2 Å². The Morgan fingerprint density at radius 1 is 1.07 bits per heavy atom. The van der Waals surface area contributed by atoms with Crippen LogP contribution in [0.15, 0.2) is 42.0 Å². The van der Waals surface area contributed by atoms with Gasteiger partial charge in [0.2, 0.25) is 0 Å². The first-order valence-corrected chi connectivity index (χ1v) is 16.9. The van der Waals surface area contributed by atoms with Gasteiger partial charge in [0.15, 0.2) is 0 Å². The third kappa shape index (κ3) is 4.95. The largest absolute Gasteiger partial charge is 0.497 e. The first-order chi connectivity index (χ1) is 20.6. The Balaban J connectivity index is 1.43. The smallest absolute Gasteiger partial charge is 0.263 e. The first-order valence-electron chi connectivity index (χ1n) is 15.1. The third-order valence-electron chi connectivity index (χ3n) is 9.87. The molecule has 7 rings (SSSR count). The summed E-state index contributed by atoms with van der Waals surface area (Å²) in [5.74, 6) is 4.01. The molecule has 2 saturated heterocycles. The zero-order chi connectivity index (χ0) is 30.0. The van der Waals surface area contributed by atoms with Crippen molar-refractivity contribution in [2.45, 2.75) is 63.1 Å². The monoisotopic (exact) mass is 601 g/mol. The summed E-state index contributed by atoms with van der Waals surface area (Å²) in [6, 6.07) is 12.3. The molecule has 0 radical (unpaired) electrons. The van der Waals surface area contributed by atoms with Crippen molar-refractivity contribution in [3.8, 4) is 17.0 Å². The summed E-state index contributed by atoms with van der Waals surface area (Å²) in [5, 5.41) is 6.64. The normalized spacial score (nSPS) is 23.3. The van der Waals surface area contributed by atoms with Crippen LogP contribution in [0.3, 0.4) is 0 Å². The molecule has 2 aromatic carbocycles. The SMILES string of the molecule is C=S(N)(=O)NC(=O)c1ccc2c(C3CCCCC3)c3n(c2c1)CC(C(=O)N1CC2CC1CN2C)=Cc1cc(OC)ccc1-3. The maximum atomic E-state index is 14.3. The number of methoxy groups -OCH3 is 1. The lowest BCUT2D eigenvalue weighted by molar-refractivity contribution is -0.129. The van der Waals surface area contributed by atoms with Gasteiger partial charge in [-0.3, -0.25) is 19.2 Å². The topological polar surface area (TPSA) is 110 Å². The van der Waals surface area contributed by atoms with Gasteiger partial charge in [-0.15, -0.1) is 0 Å². The molecule has 1 saturated carbocycles. The Kier molecular flexibility index (Phi) is 6.91. The Labute approximate surface area is 252 Å². The van der Waals surface area contributed by atoms with Gasteiger partial charge >= 0.3 is 0 Å². The fraction of sp³-hybridized carbons (Fsp3) is 0.424. The summed E-state index contributed by atoms with van der Waals surface area (Å²) < 4.78 is 22.3. The van der Waals surface area contributed by atoms with Crippen molar-refractivity contribution in [2.24, 2.45) is 5.14 Å². The zero-order valence-electron chi connectivity index (χ0n) is 24.8. The van der Waals surface area contributed by atoms with Gasteiger partial charge in [0, 0.05) is 52.8 Å². The highest BCUT2D eigenvalue weighted by Gasteiger charge is 2.44. The molecule has 2 amide bonds. The van der Waals surface area contributed by atoms with Crippen LogP contribution in [0.2, 0.25) is 0 Å². The van der Waals surface area contributed by atoms with Gasteiger partial charge in [-0.1, -0.05) is 25.3 Å². The molecular formula is C33H39N5O4S. The molecule has 3 atom stereocenters. The van der Waals surface area contributed by atoms with E-state index in [2.05, 4.69) is 38.1 Å². The van der Waals surface area contributed by atoms with Crippen LogP contribution in [0.1, 0.15) is 65.9 Å². The number of ether oxygens (including phenoxy) is 1. The Morgan fingerprint density at radius 3 is 2.53 bits per heavy atom. The molecule has 43 heavy (non-hydrogen) atoms. The van der Waals surface area contributed by atoms with E-state index in [1.165, 1.54) is 24.8 Å². The van der Waals surface area contributed by atoms with Gasteiger partial charge in [-0.05, 0) is 85.6 Å². The van der Waals surface area contributed by atoms with Crippen molar-refractivity contribution in [1.29, 1.82) is 0 Å². The predicted molar refractivity (Wildman–Crippen MR) is 171 cm³/mol. The molecule has 1 aliphatic carbocycles. The maximum Gasteiger partial charge on any atom is 0.263 e. The van der Waals surface area contributed by atoms with Crippen molar-refractivity contribution in [2.75, 3.05) is 27.2 Å². The number of hydrogen-bond acceptors (Lipinski definition) is 5. The maximum absolute atomic E-state index is 14.3. The highest BCUT2D eigenvalue weighted by atomic mass is 32.2. The average molecular weight is 602 g/mol. The number of hydrogen-bond donors (Lipinski definition) is 2. The molecule has 9 nitrogen and oxygen atoms in total. The van der Waals surface area contributed by atoms with E-state index in [1.807, 2.05) is 30.3 Å². The van der Waals surface area contributed by atoms with E-state index < -0.39 is 15.8 Å². The number of carbonyl (C=O) groups excluding carboxylic acids is 2. The fourth-order valence-electron chi connectivity index (χ4n) is 7.83. The second-order valence-electron chi connectivity index (χ2n) is 12.6. The molecule has 3 fully saturated rings. The predicted octanol–water partition coefficient (Wildman–Crippen LogP) is 3.91. The second kappa shape index (κ2) is 10.5. The fourth-order valence-corrected chi connectivity index (χ4v) is 8.26. The van der Waals surface area contributed by atoms with Gasteiger partial charge in [-0.25, -0.2) is 9.35 Å². The molecule has 2 bridgehead atoms. The summed E-state index contributed by atoms with van der Waals surface area (Å²) in [5.41, 5.74) is 6.32. The van der Waals surface area contributed by atoms with Crippen molar-refractivity contribution >= 4 is 44.6 Å². The van der Waals surface area contributed by atoms with Gasteiger partial charge in [-0.2, -0.15) is 0 Å². The molecule has 3 aliphatic heterocycles. The Bertz CT molecular complexity index is 1780. The van der Waals surface area contributed by atoms with Crippen molar-refractivity contribution < 1.29 is 18.5 Å². The van der Waals surface area contributed by atoms with Crippen molar-refractivity contribution in [1.82, 2.24) is 19.1 Å². The highest BCUT2D eigenvalue weighted by molar-refractivity contribution is 7.96. The molecule has 3 unspecified atom stereocenters. The van der Waals surface area contributed by atoms with E-state index >= 15 is 0 Å². The number of rotatable bonds is 5. The lowest BCUT2D eigenvalue weighted by Crippen LogP contribution is -2.47. The Morgan fingerprint density at radius 2 is 1.86 bits per heavy atom. The molecule has 10 heteroatoms. The lowest BCUT2D eigenvalue weighted by atomic mass is 9.81. The van der Waals surface area contributed by atoms with Crippen molar-refractivity contribution in [3.63, 3.8) is 0 Å². The number of fused-ring (bicyclic) bond motifs is 7. The molecule has 1 aromatic heterocycles. The van der Waals surface area contributed by atoms with Gasteiger partial charge in [0.05, 0.1) is 19.3 Å². The lowest BCUT2D eigenvalue weighted by Gasteiger charge is -2.32. The summed E-state index contributed by atoms with van der Waals surface area (Å²) in [7, 11) is 0.571. The zero-order valence-corrected chi connectivity index (χ0v) is 25.6. The molecule has 0 spiro atoms. The molecule has 226 valence electrons. The third-order valence-corrected chi connectivity index (χ3v) is 10.4. The molecular weight excluding hydrogens is 562 g/mol. The van der Waals surface area contributed by atoms with Crippen LogP contribution in [-0.2, 0) is 21.2 Å². The van der Waals surface area contributed by atoms with Crippen LogP contribution in [0.25, 0.3) is 28.2 Å². The number of likely N-dealkylation sites (tertiary alicyclic amines) is 2. The van der Waals surface area contributed by atoms with Crippen LogP contribution >= 0.6 is 0 Å². The number of likely N-dealkylation sites (N-methyl/N-ethyl adjacent to an activating group) is 1. The summed E-state index contributed by atoms with van der Waals surface area (Å²) >= 11 is 0. The molecule has 3 N–H and O–H groups in total. The number of nitrogens with zero attached hydrogens (tertiary/aromatic N) is 3. The van der Waals surface area contributed by atoms with E-state index in [1.54, 1.807) is 13.2 Å². The van der Waals surface area contributed by atoms with Gasteiger partial charge in [0.1, 0.15) is 15.6 Å². The molecule has 4 heterocycles. The van der Waals surface area contributed by atoms with Crippen LogP contribution in [0.4, 0.5) is 0 Å². The quantitative estimate of drug-likeness (QED) is 0.431. The number of benzene rings is 2. The van der Waals surface area contributed by atoms with Crippen LogP contribution < -0.4 is 14.6 Å². The minimum atomic E-state index is -3.23. The average Bonchev–Trinajstić information content (AvgIpc) is 3.63. The number of aromatic nitrogens is 1. The van der Waals surface area contributed by atoms with Crippen LogP contribution in [0.5, 0.6) is 5.75 Å². The van der Waals surface area contributed by atoms with Crippen LogP contribution in [0, 0.1) is 0 Å². The second-order valence-corrected chi connectivity index (χ2v) is 14.3. The van der Waals surface area contributed by atoms with E-state index in [0.717, 1.165) is 65.8 Å². The van der Waals surface area contributed by atoms with E-state index in [9.17, 15) is 13.8 Å². The minimum Gasteiger partial charge on any atom is -0.497 e. The number of carbonyl (C=O) groups is 2. The van der Waals surface area contributed by atoms with E-state index in [0.29, 0.717) is 29.6 Å².